The van der Waals surface area contributed by atoms with E-state index in [-0.39, 0.29) is 11.7 Å². The SMILES string of the molecule is O=C(CCl)c1cc(Cl)c(Br)cc1Br. The second-order valence-electron chi connectivity index (χ2n) is 2.30. The highest BCUT2D eigenvalue weighted by molar-refractivity contribution is 9.11. The van der Waals surface area contributed by atoms with Crippen molar-refractivity contribution in [3.8, 4) is 0 Å². The quantitative estimate of drug-likeness (QED) is 0.443. The number of halogens is 4. The molecule has 5 heteroatoms. The second kappa shape index (κ2) is 4.78. The van der Waals surface area contributed by atoms with E-state index >= 15 is 0 Å². The van der Waals surface area contributed by atoms with Crippen molar-refractivity contribution in [1.82, 2.24) is 0 Å². The van der Waals surface area contributed by atoms with Crippen molar-refractivity contribution in [3.63, 3.8) is 0 Å². The summed E-state index contributed by atoms with van der Waals surface area (Å²) in [6, 6.07) is 3.31. The molecule has 0 aliphatic heterocycles. The number of rotatable bonds is 2. The van der Waals surface area contributed by atoms with Crippen molar-refractivity contribution in [2.45, 2.75) is 0 Å². The van der Waals surface area contributed by atoms with Crippen molar-refractivity contribution in [2.75, 3.05) is 5.88 Å². The van der Waals surface area contributed by atoms with Crippen molar-refractivity contribution < 1.29 is 4.79 Å². The van der Waals surface area contributed by atoms with Gasteiger partial charge in [0.1, 0.15) is 0 Å². The van der Waals surface area contributed by atoms with Crippen LogP contribution in [-0.2, 0) is 0 Å². The highest BCUT2D eigenvalue weighted by atomic mass is 79.9. The predicted octanol–water partition coefficient (Wildman–Crippen LogP) is 4.29. The molecule has 0 aromatic heterocycles. The summed E-state index contributed by atoms with van der Waals surface area (Å²) in [7, 11) is 0. The zero-order chi connectivity index (χ0) is 10.0. The Morgan fingerprint density at radius 1 is 1.31 bits per heavy atom. The lowest BCUT2D eigenvalue weighted by Crippen LogP contribution is -2.01. The van der Waals surface area contributed by atoms with Crippen molar-refractivity contribution in [1.29, 1.82) is 0 Å². The molecule has 0 fully saturated rings. The van der Waals surface area contributed by atoms with Crippen LogP contribution in [0.4, 0.5) is 0 Å². The molecule has 13 heavy (non-hydrogen) atoms. The maximum Gasteiger partial charge on any atom is 0.178 e. The lowest BCUT2D eigenvalue weighted by atomic mass is 10.1. The molecule has 1 aromatic rings. The van der Waals surface area contributed by atoms with Crippen LogP contribution in [0.1, 0.15) is 10.4 Å². The summed E-state index contributed by atoms with van der Waals surface area (Å²) in [6.07, 6.45) is 0. The van der Waals surface area contributed by atoms with Gasteiger partial charge in [-0.3, -0.25) is 4.79 Å². The van der Waals surface area contributed by atoms with Crippen molar-refractivity contribution in [2.24, 2.45) is 0 Å². The van der Waals surface area contributed by atoms with Gasteiger partial charge in [-0.25, -0.2) is 0 Å². The van der Waals surface area contributed by atoms with Gasteiger partial charge in [0.2, 0.25) is 0 Å². The molecule has 1 rings (SSSR count). The number of ketones is 1. The first-order valence-corrected chi connectivity index (χ1v) is 5.80. The zero-order valence-electron chi connectivity index (χ0n) is 6.28. The third-order valence-corrected chi connectivity index (χ3v) is 3.53. The van der Waals surface area contributed by atoms with E-state index in [4.69, 9.17) is 23.2 Å². The van der Waals surface area contributed by atoms with E-state index in [9.17, 15) is 4.79 Å². The first-order valence-electron chi connectivity index (χ1n) is 3.30. The molecule has 1 nitrogen and oxygen atoms in total. The molecule has 0 amide bonds. The molecule has 0 spiro atoms. The molecule has 0 aliphatic rings. The van der Waals surface area contributed by atoms with Gasteiger partial charge in [0.25, 0.3) is 0 Å². The maximum atomic E-state index is 11.3. The molecule has 0 aliphatic carbocycles. The fourth-order valence-corrected chi connectivity index (χ4v) is 2.33. The highest BCUT2D eigenvalue weighted by Crippen LogP contribution is 2.29. The third-order valence-electron chi connectivity index (χ3n) is 1.43. The molecule has 0 saturated heterocycles. The van der Waals surface area contributed by atoms with Gasteiger partial charge in [0, 0.05) is 14.5 Å². The first-order chi connectivity index (χ1) is 6.06. The van der Waals surface area contributed by atoms with Crippen molar-refractivity contribution in [3.05, 3.63) is 31.7 Å². The zero-order valence-corrected chi connectivity index (χ0v) is 11.0. The van der Waals surface area contributed by atoms with Crippen LogP contribution in [0.5, 0.6) is 0 Å². The Morgan fingerprint density at radius 3 is 2.46 bits per heavy atom. The van der Waals surface area contributed by atoms with Gasteiger partial charge in [-0.1, -0.05) is 27.5 Å². The summed E-state index contributed by atoms with van der Waals surface area (Å²) in [5, 5.41) is 0.497. The Hall–Kier alpha value is 0.430. The van der Waals surface area contributed by atoms with Gasteiger partial charge < -0.3 is 0 Å². The number of carbonyl (C=O) groups is 1. The predicted molar refractivity (Wildman–Crippen MR) is 61.9 cm³/mol. The molecule has 70 valence electrons. The average Bonchev–Trinajstić information content (AvgIpc) is 2.10. The number of hydrogen-bond donors (Lipinski definition) is 0. The van der Waals surface area contributed by atoms with Crippen LogP contribution in [0.25, 0.3) is 0 Å². The molecular formula is C8H4Br2Cl2O. The molecule has 0 heterocycles. The van der Waals surface area contributed by atoms with E-state index < -0.39 is 0 Å². The van der Waals surface area contributed by atoms with Gasteiger partial charge in [-0.05, 0) is 28.1 Å². The highest BCUT2D eigenvalue weighted by Gasteiger charge is 2.11. The van der Waals surface area contributed by atoms with E-state index in [2.05, 4.69) is 31.9 Å². The summed E-state index contributed by atoms with van der Waals surface area (Å²) in [5.41, 5.74) is 0.503. The summed E-state index contributed by atoms with van der Waals surface area (Å²) < 4.78 is 1.43. The summed E-state index contributed by atoms with van der Waals surface area (Å²) in [4.78, 5) is 11.3. The molecule has 0 N–H and O–H groups in total. The number of alkyl halides is 1. The standard InChI is InChI=1S/C8H4Br2Cl2O/c9-5-2-6(10)7(12)1-4(5)8(13)3-11/h1-2H,3H2. The van der Waals surface area contributed by atoms with E-state index in [1.807, 2.05) is 0 Å². The number of Topliss-reactive ketones (excluding diaryl/α,β-unsaturated/α-hetero) is 1. The van der Waals surface area contributed by atoms with Gasteiger partial charge in [-0.15, -0.1) is 11.6 Å². The van der Waals surface area contributed by atoms with Crippen LogP contribution < -0.4 is 0 Å². The normalized spacial score (nSPS) is 10.2. The lowest BCUT2D eigenvalue weighted by Gasteiger charge is -2.03. The van der Waals surface area contributed by atoms with Crippen molar-refractivity contribution >= 4 is 60.8 Å². The summed E-state index contributed by atoms with van der Waals surface area (Å²) >= 11 is 17.7. The lowest BCUT2D eigenvalue weighted by molar-refractivity contribution is 0.102. The topological polar surface area (TPSA) is 17.1 Å². The number of hydrogen-bond acceptors (Lipinski definition) is 1. The fraction of sp³-hybridized carbons (Fsp3) is 0.125. The minimum absolute atomic E-state index is 0.0451. The van der Waals surface area contributed by atoms with E-state index in [1.165, 1.54) is 0 Å². The molecule has 0 unspecified atom stereocenters. The second-order valence-corrected chi connectivity index (χ2v) is 4.69. The fourth-order valence-electron chi connectivity index (χ4n) is 0.808. The Labute approximate surface area is 103 Å². The molecule has 0 atom stereocenters. The van der Waals surface area contributed by atoms with Gasteiger partial charge in [0.05, 0.1) is 10.9 Å². The van der Waals surface area contributed by atoms with Crippen LogP contribution in [0.3, 0.4) is 0 Å². The summed E-state index contributed by atoms with van der Waals surface area (Å²) in [6.45, 7) is 0. The largest absolute Gasteiger partial charge is 0.293 e. The van der Waals surface area contributed by atoms with Crippen LogP contribution in [0.15, 0.2) is 21.1 Å². The monoisotopic (exact) mass is 344 g/mol. The maximum absolute atomic E-state index is 11.3. The van der Waals surface area contributed by atoms with E-state index in [0.717, 1.165) is 4.47 Å². The Kier molecular flexibility index (Phi) is 4.23. The molecule has 0 bridgehead atoms. The third kappa shape index (κ3) is 2.69. The molecule has 0 radical (unpaired) electrons. The first kappa shape index (κ1) is 11.5. The van der Waals surface area contributed by atoms with Gasteiger partial charge in [-0.2, -0.15) is 0 Å². The Bertz CT molecular complexity index is 352. The van der Waals surface area contributed by atoms with Gasteiger partial charge >= 0.3 is 0 Å². The van der Waals surface area contributed by atoms with Crippen LogP contribution >= 0.6 is 55.1 Å². The minimum atomic E-state index is -0.150. The number of carbonyl (C=O) groups excluding carboxylic acids is 1. The molecule has 1 aromatic carbocycles. The molecule has 0 saturated carbocycles. The van der Waals surface area contributed by atoms with Crippen LogP contribution in [0.2, 0.25) is 5.02 Å². The van der Waals surface area contributed by atoms with Gasteiger partial charge in [0.15, 0.2) is 5.78 Å². The Morgan fingerprint density at radius 2 is 1.92 bits per heavy atom. The summed E-state index contributed by atoms with van der Waals surface area (Å²) in [5.74, 6) is -0.195. The van der Waals surface area contributed by atoms with Crippen LogP contribution in [-0.4, -0.2) is 11.7 Å². The minimum Gasteiger partial charge on any atom is -0.293 e. The van der Waals surface area contributed by atoms with E-state index in [1.54, 1.807) is 12.1 Å². The Balaban J connectivity index is 3.23. The number of benzene rings is 1. The average molecular weight is 347 g/mol. The molecular weight excluding hydrogens is 343 g/mol. The smallest absolute Gasteiger partial charge is 0.178 e. The van der Waals surface area contributed by atoms with Crippen LogP contribution in [0, 0.1) is 0 Å². The van der Waals surface area contributed by atoms with E-state index in [0.29, 0.717) is 15.1 Å².